The first-order valence-corrected chi connectivity index (χ1v) is 8.37. The molecule has 6 nitrogen and oxygen atoms in total. The molecular weight excluding hydrogens is 328 g/mol. The van der Waals surface area contributed by atoms with Crippen LogP contribution in [0, 0.1) is 0 Å². The fourth-order valence-corrected chi connectivity index (χ4v) is 3.15. The Labute approximate surface area is 149 Å². The summed E-state index contributed by atoms with van der Waals surface area (Å²) in [4.78, 5) is 37.0. The Morgan fingerprint density at radius 3 is 2.65 bits per heavy atom. The van der Waals surface area contributed by atoms with Gasteiger partial charge in [-0.05, 0) is 25.2 Å². The molecule has 0 radical (unpaired) electrons. The van der Waals surface area contributed by atoms with Crippen molar-refractivity contribution in [3.8, 4) is 0 Å². The van der Waals surface area contributed by atoms with E-state index in [9.17, 15) is 9.59 Å². The molecule has 4 aromatic rings. The van der Waals surface area contributed by atoms with E-state index in [1.807, 2.05) is 54.4 Å². The van der Waals surface area contributed by atoms with E-state index >= 15 is 0 Å². The van der Waals surface area contributed by atoms with E-state index < -0.39 is 0 Å². The van der Waals surface area contributed by atoms with Crippen molar-refractivity contribution in [3.05, 3.63) is 76.5 Å². The van der Waals surface area contributed by atoms with Crippen molar-refractivity contribution >= 4 is 27.6 Å². The van der Waals surface area contributed by atoms with E-state index in [1.165, 1.54) is 0 Å². The molecule has 6 heteroatoms. The van der Waals surface area contributed by atoms with Gasteiger partial charge < -0.3 is 9.97 Å². The maximum absolute atomic E-state index is 12.6. The molecule has 0 saturated heterocycles. The molecule has 2 heterocycles. The molecule has 0 fully saturated rings. The number of nitrogens with zero attached hydrogens (tertiary/aromatic N) is 2. The second kappa shape index (κ2) is 6.57. The van der Waals surface area contributed by atoms with Crippen LogP contribution in [-0.2, 0) is 6.54 Å². The lowest BCUT2D eigenvalue weighted by Crippen LogP contribution is -2.27. The number of Topliss-reactive ketones (excluding diaryl/α,β-unsaturated/α-hetero) is 1. The summed E-state index contributed by atoms with van der Waals surface area (Å²) in [5.41, 5.74) is 2.11. The Kier molecular flexibility index (Phi) is 4.10. The summed E-state index contributed by atoms with van der Waals surface area (Å²) in [6.07, 6.45) is 1.75. The lowest BCUT2D eigenvalue weighted by molar-refractivity contribution is 0.0943. The number of likely N-dealkylation sites (N-methyl/N-ethyl adjacent to an activating group) is 1. The van der Waals surface area contributed by atoms with Gasteiger partial charge in [-0.3, -0.25) is 14.5 Å². The molecule has 0 bridgehead atoms. The van der Waals surface area contributed by atoms with Gasteiger partial charge in [0.25, 0.3) is 5.56 Å². The number of carbonyl (C=O) groups is 1. The van der Waals surface area contributed by atoms with Crippen molar-refractivity contribution in [1.29, 1.82) is 0 Å². The molecule has 0 spiro atoms. The maximum atomic E-state index is 12.6. The first-order valence-electron chi connectivity index (χ1n) is 8.37. The van der Waals surface area contributed by atoms with Gasteiger partial charge in [0.2, 0.25) is 0 Å². The second-order valence-corrected chi connectivity index (χ2v) is 6.37. The average molecular weight is 346 g/mol. The topological polar surface area (TPSA) is 81.8 Å². The van der Waals surface area contributed by atoms with Crippen molar-refractivity contribution in [2.24, 2.45) is 0 Å². The lowest BCUT2D eigenvalue weighted by Gasteiger charge is -2.15. The van der Waals surface area contributed by atoms with Crippen molar-refractivity contribution in [2.75, 3.05) is 13.6 Å². The summed E-state index contributed by atoms with van der Waals surface area (Å²) in [6.45, 7) is 0.618. The SMILES string of the molecule is CN(CC(=O)c1c[nH]c2ccccc12)Cc1nc2ccccc2c(=O)[nH]1. The monoisotopic (exact) mass is 346 g/mol. The number of hydrogen-bond donors (Lipinski definition) is 2. The van der Waals surface area contributed by atoms with Gasteiger partial charge in [0.1, 0.15) is 5.82 Å². The third-order valence-corrected chi connectivity index (χ3v) is 4.38. The van der Waals surface area contributed by atoms with Gasteiger partial charge in [-0.1, -0.05) is 30.3 Å². The number of nitrogens with one attached hydrogen (secondary N) is 2. The molecule has 0 aliphatic rings. The molecule has 2 N–H and O–H groups in total. The lowest BCUT2D eigenvalue weighted by atomic mass is 10.1. The molecule has 0 saturated carbocycles. The van der Waals surface area contributed by atoms with Gasteiger partial charge in [-0.15, -0.1) is 0 Å². The summed E-state index contributed by atoms with van der Waals surface area (Å²) in [6, 6.07) is 14.9. The van der Waals surface area contributed by atoms with Crippen molar-refractivity contribution in [3.63, 3.8) is 0 Å². The number of aromatic nitrogens is 3. The maximum Gasteiger partial charge on any atom is 0.258 e. The van der Waals surface area contributed by atoms with Crippen LogP contribution >= 0.6 is 0 Å². The summed E-state index contributed by atoms with van der Waals surface area (Å²) in [7, 11) is 1.84. The van der Waals surface area contributed by atoms with Gasteiger partial charge in [0.15, 0.2) is 5.78 Å². The van der Waals surface area contributed by atoms with Crippen molar-refractivity contribution < 1.29 is 4.79 Å². The molecule has 0 amide bonds. The van der Waals surface area contributed by atoms with Crippen LogP contribution < -0.4 is 5.56 Å². The predicted octanol–water partition coefficient (Wildman–Crippen LogP) is 2.72. The first kappa shape index (κ1) is 16.2. The van der Waals surface area contributed by atoms with Crippen LogP contribution in [0.2, 0.25) is 0 Å². The number of hydrogen-bond acceptors (Lipinski definition) is 4. The van der Waals surface area contributed by atoms with Gasteiger partial charge in [-0.2, -0.15) is 0 Å². The normalized spacial score (nSPS) is 11.5. The van der Waals surface area contributed by atoms with E-state index in [2.05, 4.69) is 15.0 Å². The Balaban J connectivity index is 1.53. The Bertz CT molecular complexity index is 1160. The van der Waals surface area contributed by atoms with Gasteiger partial charge in [0.05, 0.1) is 24.0 Å². The number of fused-ring (bicyclic) bond motifs is 2. The number of benzene rings is 2. The molecule has 26 heavy (non-hydrogen) atoms. The number of carbonyl (C=O) groups excluding carboxylic acids is 1. The Morgan fingerprint density at radius 1 is 1.08 bits per heavy atom. The molecule has 2 aromatic carbocycles. The van der Waals surface area contributed by atoms with Crippen LogP contribution in [-0.4, -0.2) is 39.2 Å². The summed E-state index contributed by atoms with van der Waals surface area (Å²) in [5.74, 6) is 0.566. The molecular formula is C20H18N4O2. The zero-order valence-corrected chi connectivity index (χ0v) is 14.3. The summed E-state index contributed by atoms with van der Waals surface area (Å²) >= 11 is 0. The first-order chi connectivity index (χ1) is 12.6. The number of para-hydroxylation sites is 2. The van der Waals surface area contributed by atoms with Gasteiger partial charge >= 0.3 is 0 Å². The second-order valence-electron chi connectivity index (χ2n) is 6.37. The third kappa shape index (κ3) is 3.02. The third-order valence-electron chi connectivity index (χ3n) is 4.38. The fraction of sp³-hybridized carbons (Fsp3) is 0.150. The van der Waals surface area contributed by atoms with Crippen LogP contribution in [0.1, 0.15) is 16.2 Å². The van der Waals surface area contributed by atoms with Crippen LogP contribution in [0.25, 0.3) is 21.8 Å². The smallest absolute Gasteiger partial charge is 0.258 e. The molecule has 0 aliphatic heterocycles. The molecule has 4 rings (SSSR count). The van der Waals surface area contributed by atoms with Crippen LogP contribution in [0.15, 0.2) is 59.5 Å². The largest absolute Gasteiger partial charge is 0.360 e. The Morgan fingerprint density at radius 2 is 1.81 bits per heavy atom. The average Bonchev–Trinajstić information content (AvgIpc) is 3.06. The predicted molar refractivity (Wildman–Crippen MR) is 101 cm³/mol. The molecule has 2 aromatic heterocycles. The highest BCUT2D eigenvalue weighted by Gasteiger charge is 2.15. The van der Waals surface area contributed by atoms with Gasteiger partial charge in [0, 0.05) is 22.7 Å². The standard InChI is InChI=1S/C20H18N4O2/c1-24(11-18(25)15-10-21-16-8-4-2-6-13(15)16)12-19-22-17-9-5-3-7-14(17)20(26)23-19/h2-10,21H,11-12H2,1H3,(H,22,23,26). The van der Waals surface area contributed by atoms with Crippen molar-refractivity contribution in [1.82, 2.24) is 19.9 Å². The zero-order chi connectivity index (χ0) is 18.1. The zero-order valence-electron chi connectivity index (χ0n) is 14.3. The van der Waals surface area contributed by atoms with E-state index in [0.29, 0.717) is 28.8 Å². The minimum absolute atomic E-state index is 0.0214. The van der Waals surface area contributed by atoms with E-state index in [-0.39, 0.29) is 17.9 Å². The highest BCUT2D eigenvalue weighted by Crippen LogP contribution is 2.18. The Hall–Kier alpha value is -3.25. The van der Waals surface area contributed by atoms with E-state index in [1.54, 1.807) is 12.3 Å². The molecule has 0 atom stereocenters. The molecule has 0 unspecified atom stereocenters. The minimum atomic E-state index is -0.165. The van der Waals surface area contributed by atoms with E-state index in [0.717, 1.165) is 10.9 Å². The highest BCUT2D eigenvalue weighted by molar-refractivity contribution is 6.08. The van der Waals surface area contributed by atoms with E-state index in [4.69, 9.17) is 0 Å². The van der Waals surface area contributed by atoms with Crippen molar-refractivity contribution in [2.45, 2.75) is 6.54 Å². The van der Waals surface area contributed by atoms with Gasteiger partial charge in [-0.25, -0.2) is 4.98 Å². The quantitative estimate of drug-likeness (QED) is 0.544. The fourth-order valence-electron chi connectivity index (χ4n) is 3.15. The molecule has 130 valence electrons. The number of rotatable bonds is 5. The summed E-state index contributed by atoms with van der Waals surface area (Å²) < 4.78 is 0. The highest BCUT2D eigenvalue weighted by atomic mass is 16.1. The number of aromatic amines is 2. The minimum Gasteiger partial charge on any atom is -0.360 e. The van der Waals surface area contributed by atoms with Crippen LogP contribution in [0.3, 0.4) is 0 Å². The van der Waals surface area contributed by atoms with Crippen LogP contribution in [0.5, 0.6) is 0 Å². The number of H-pyrrole nitrogens is 2. The number of ketones is 1. The molecule has 0 aliphatic carbocycles. The summed E-state index contributed by atoms with van der Waals surface area (Å²) in [5, 5.41) is 1.48. The van der Waals surface area contributed by atoms with Crippen LogP contribution in [0.4, 0.5) is 0 Å².